The number of halogens is 2. The van der Waals surface area contributed by atoms with E-state index in [1.165, 1.54) is 14.2 Å². The molecule has 0 unspecified atom stereocenters. The Morgan fingerprint density at radius 1 is 1.00 bits per heavy atom. The molecular formula is C30H25F2N3O3S. The molecular weight excluding hydrogens is 520 g/mol. The van der Waals surface area contributed by atoms with E-state index in [0.717, 1.165) is 11.3 Å². The van der Waals surface area contributed by atoms with Crippen molar-refractivity contribution >= 4 is 28.9 Å². The number of allylic oxidation sites excluding steroid dienone is 2. The third-order valence-electron chi connectivity index (χ3n) is 6.34. The van der Waals surface area contributed by atoms with Gasteiger partial charge >= 0.3 is 0 Å². The summed E-state index contributed by atoms with van der Waals surface area (Å²) in [6, 6.07) is 19.0. The van der Waals surface area contributed by atoms with Crippen molar-refractivity contribution in [1.82, 2.24) is 9.55 Å². The Morgan fingerprint density at radius 3 is 2.21 bits per heavy atom. The Balaban J connectivity index is 1.42. The molecule has 0 bridgehead atoms. The van der Waals surface area contributed by atoms with Gasteiger partial charge in [-0.2, -0.15) is 0 Å². The van der Waals surface area contributed by atoms with Gasteiger partial charge in [0.25, 0.3) is 5.91 Å². The molecule has 6 nitrogen and oxygen atoms in total. The van der Waals surface area contributed by atoms with Crippen LogP contribution in [0.15, 0.2) is 103 Å². The van der Waals surface area contributed by atoms with Crippen molar-refractivity contribution in [3.05, 3.63) is 125 Å². The van der Waals surface area contributed by atoms with Crippen LogP contribution >= 0.6 is 11.8 Å². The number of pyridine rings is 1. The van der Waals surface area contributed by atoms with E-state index in [2.05, 4.69) is 10.3 Å². The Morgan fingerprint density at radius 2 is 1.64 bits per heavy atom. The highest BCUT2D eigenvalue weighted by Crippen LogP contribution is 2.43. The summed E-state index contributed by atoms with van der Waals surface area (Å²) in [5.74, 6) is -1.36. The Labute approximate surface area is 229 Å². The number of nitrogens with one attached hydrogen (secondary N) is 1. The summed E-state index contributed by atoms with van der Waals surface area (Å²) in [6.07, 6.45) is 5.97. The minimum absolute atomic E-state index is 0.0108. The summed E-state index contributed by atoms with van der Waals surface area (Å²) < 4.78 is 43.1. The second-order valence-corrected chi connectivity index (χ2v) is 9.73. The lowest BCUT2D eigenvalue weighted by Crippen LogP contribution is -2.13. The molecule has 0 saturated heterocycles. The van der Waals surface area contributed by atoms with Crippen LogP contribution in [0.5, 0.6) is 11.5 Å². The van der Waals surface area contributed by atoms with Crippen molar-refractivity contribution in [3.8, 4) is 11.5 Å². The zero-order valence-electron chi connectivity index (χ0n) is 21.2. The van der Waals surface area contributed by atoms with Crippen LogP contribution in [0, 0.1) is 0 Å². The van der Waals surface area contributed by atoms with Gasteiger partial charge in [-0.15, -0.1) is 11.8 Å². The summed E-state index contributed by atoms with van der Waals surface area (Å²) in [7, 11) is 3.07. The highest BCUT2D eigenvalue weighted by atomic mass is 32.2. The molecule has 1 amide bonds. The molecule has 198 valence electrons. The second kappa shape index (κ2) is 11.6. The molecule has 9 heteroatoms. The standard InChI is InChI=1S/C30H25F2N3O3S/c1-37-22-9-5-19(6-10-22)28(20-7-11-23(38-2)12-8-20)24(31)16-25(32)29(36)34-26-13-15-35-27(26)18-39-30(35)21-4-3-14-33-17-21/h3-17,30H,18H2,1-2H3,(H,34,36)/t30-/m1/s1. The van der Waals surface area contributed by atoms with Crippen molar-refractivity contribution in [3.63, 3.8) is 0 Å². The van der Waals surface area contributed by atoms with Crippen LogP contribution in [0.25, 0.3) is 5.57 Å². The van der Waals surface area contributed by atoms with E-state index in [1.807, 2.05) is 22.9 Å². The van der Waals surface area contributed by atoms with Crippen molar-refractivity contribution in [2.24, 2.45) is 0 Å². The number of hydrogen-bond donors (Lipinski definition) is 1. The molecule has 2 aromatic carbocycles. The number of amides is 1. The van der Waals surface area contributed by atoms with Crippen LogP contribution < -0.4 is 14.8 Å². The first-order valence-corrected chi connectivity index (χ1v) is 13.1. The van der Waals surface area contributed by atoms with Crippen molar-refractivity contribution in [2.45, 2.75) is 11.1 Å². The molecule has 1 aliphatic heterocycles. The van der Waals surface area contributed by atoms with Crippen LogP contribution in [0.4, 0.5) is 14.5 Å². The highest BCUT2D eigenvalue weighted by Gasteiger charge is 2.27. The van der Waals surface area contributed by atoms with E-state index in [-0.39, 0.29) is 10.9 Å². The van der Waals surface area contributed by atoms with Gasteiger partial charge in [0, 0.05) is 41.6 Å². The molecule has 0 fully saturated rings. The number of nitrogens with zero attached hydrogens (tertiary/aromatic N) is 2. The van der Waals surface area contributed by atoms with Gasteiger partial charge < -0.3 is 19.4 Å². The summed E-state index contributed by atoms with van der Waals surface area (Å²) in [5, 5.41) is 2.60. The Bertz CT molecular complexity index is 1480. The summed E-state index contributed by atoms with van der Waals surface area (Å²) in [6.45, 7) is 0. The molecule has 1 N–H and O–H groups in total. The molecule has 2 aromatic heterocycles. The van der Waals surface area contributed by atoms with Gasteiger partial charge in [0.15, 0.2) is 5.83 Å². The second-order valence-electron chi connectivity index (χ2n) is 8.66. The van der Waals surface area contributed by atoms with Gasteiger partial charge in [-0.1, -0.05) is 30.3 Å². The van der Waals surface area contributed by atoms with Gasteiger partial charge in [-0.05, 0) is 47.5 Å². The topological polar surface area (TPSA) is 65.4 Å². The zero-order chi connectivity index (χ0) is 27.4. The van der Waals surface area contributed by atoms with Gasteiger partial charge in [-0.25, -0.2) is 8.78 Å². The lowest BCUT2D eigenvalue weighted by molar-refractivity contribution is -0.114. The van der Waals surface area contributed by atoms with Crippen molar-refractivity contribution in [1.29, 1.82) is 0 Å². The minimum Gasteiger partial charge on any atom is -0.497 e. The maximum atomic E-state index is 15.7. The van der Waals surface area contributed by atoms with Crippen LogP contribution in [-0.2, 0) is 10.5 Å². The summed E-state index contributed by atoms with van der Waals surface area (Å²) >= 11 is 1.67. The number of methoxy groups -OCH3 is 2. The quantitative estimate of drug-likeness (QED) is 0.192. The third-order valence-corrected chi connectivity index (χ3v) is 7.59. The minimum atomic E-state index is -1.25. The van der Waals surface area contributed by atoms with Crippen molar-refractivity contribution in [2.75, 3.05) is 19.5 Å². The number of fused-ring (bicyclic) bond motifs is 1. The van der Waals surface area contributed by atoms with Crippen LogP contribution in [0.2, 0.25) is 0 Å². The normalized spacial score (nSPS) is 14.5. The predicted molar refractivity (Wildman–Crippen MR) is 149 cm³/mol. The van der Waals surface area contributed by atoms with E-state index in [1.54, 1.807) is 78.8 Å². The molecule has 0 spiro atoms. The number of carbonyl (C=O) groups is 1. The molecule has 3 heterocycles. The lowest BCUT2D eigenvalue weighted by atomic mass is 9.96. The molecule has 4 aromatic rings. The number of benzene rings is 2. The predicted octanol–water partition coefficient (Wildman–Crippen LogP) is 6.92. The first kappa shape index (κ1) is 26.2. The molecule has 0 radical (unpaired) electrons. The molecule has 1 aliphatic rings. The number of thioether (sulfide) groups is 1. The first-order valence-electron chi connectivity index (χ1n) is 12.1. The number of aromatic nitrogens is 2. The maximum Gasteiger partial charge on any atom is 0.284 e. The number of hydrogen-bond acceptors (Lipinski definition) is 5. The first-order chi connectivity index (χ1) is 19.0. The number of ether oxygens (including phenoxy) is 2. The van der Waals surface area contributed by atoms with E-state index >= 15 is 8.78 Å². The van der Waals surface area contributed by atoms with E-state index in [9.17, 15) is 4.79 Å². The Hall–Kier alpha value is -4.37. The summed E-state index contributed by atoms with van der Waals surface area (Å²) in [5.41, 5.74) is 3.47. The fourth-order valence-electron chi connectivity index (χ4n) is 4.37. The van der Waals surface area contributed by atoms with E-state index in [4.69, 9.17) is 9.47 Å². The van der Waals surface area contributed by atoms with E-state index in [0.29, 0.717) is 40.1 Å². The average Bonchev–Trinajstić information content (AvgIpc) is 3.57. The van der Waals surface area contributed by atoms with Crippen molar-refractivity contribution < 1.29 is 23.0 Å². The number of anilines is 1. The van der Waals surface area contributed by atoms with Crippen LogP contribution in [-0.4, -0.2) is 29.7 Å². The molecule has 39 heavy (non-hydrogen) atoms. The zero-order valence-corrected chi connectivity index (χ0v) is 22.0. The lowest BCUT2D eigenvalue weighted by Gasteiger charge is -2.12. The maximum absolute atomic E-state index is 15.7. The molecule has 1 atom stereocenters. The number of rotatable bonds is 8. The third kappa shape index (κ3) is 5.58. The van der Waals surface area contributed by atoms with Gasteiger partial charge in [0.05, 0.1) is 25.6 Å². The average molecular weight is 546 g/mol. The fraction of sp³-hybridized carbons (Fsp3) is 0.133. The molecule has 5 rings (SSSR count). The van der Waals surface area contributed by atoms with Gasteiger partial charge in [0.2, 0.25) is 0 Å². The number of carbonyl (C=O) groups excluding carboxylic acids is 1. The van der Waals surface area contributed by atoms with Gasteiger partial charge in [-0.3, -0.25) is 9.78 Å². The smallest absolute Gasteiger partial charge is 0.284 e. The van der Waals surface area contributed by atoms with Gasteiger partial charge in [0.1, 0.15) is 22.7 Å². The van der Waals surface area contributed by atoms with Crippen LogP contribution in [0.1, 0.15) is 27.8 Å². The SMILES string of the molecule is COc1ccc(C(=C(F)C=C(F)C(=O)Nc2ccn3c2CS[C@@H]3c2cccnc2)c2ccc(OC)cc2)cc1. The monoisotopic (exact) mass is 545 g/mol. The largest absolute Gasteiger partial charge is 0.497 e. The van der Waals surface area contributed by atoms with E-state index < -0.39 is 17.6 Å². The van der Waals surface area contributed by atoms with Crippen LogP contribution in [0.3, 0.4) is 0 Å². The Kier molecular flexibility index (Phi) is 7.79. The molecule has 0 saturated carbocycles. The fourth-order valence-corrected chi connectivity index (χ4v) is 5.68. The highest BCUT2D eigenvalue weighted by molar-refractivity contribution is 7.99. The summed E-state index contributed by atoms with van der Waals surface area (Å²) in [4.78, 5) is 16.9. The molecule has 0 aliphatic carbocycles.